The summed E-state index contributed by atoms with van der Waals surface area (Å²) in [6.45, 7) is 5.20. The minimum Gasteiger partial charge on any atom is -0.466 e. The van der Waals surface area contributed by atoms with Gasteiger partial charge in [0.05, 0.1) is 6.61 Å². The largest absolute Gasteiger partial charge is 0.466 e. The zero-order valence-corrected chi connectivity index (χ0v) is 34.6. The maximum Gasteiger partial charge on any atom is 0.305 e. The van der Waals surface area contributed by atoms with E-state index in [0.29, 0.717) is 13.0 Å². The second-order valence-electron chi connectivity index (χ2n) is 15.7. The summed E-state index contributed by atoms with van der Waals surface area (Å²) in [5.41, 5.74) is 0. The van der Waals surface area contributed by atoms with E-state index >= 15 is 0 Å². The van der Waals surface area contributed by atoms with Gasteiger partial charge in [0, 0.05) is 6.42 Å². The maximum absolute atomic E-state index is 12.0. The highest BCUT2D eigenvalue weighted by atomic mass is 16.5. The normalized spacial score (nSPS) is 11.8. The molecule has 0 fully saturated rings. The first-order valence-corrected chi connectivity index (χ1v) is 23.3. The fraction of sp³-hybridized carbons (Fsp3) is 0.896. The highest BCUT2D eigenvalue weighted by Gasteiger charge is 2.03. The molecule has 0 spiro atoms. The number of hydrogen-bond acceptors (Lipinski definition) is 2. The lowest BCUT2D eigenvalue weighted by Gasteiger charge is -2.06. The molecule has 0 heterocycles. The highest BCUT2D eigenvalue weighted by molar-refractivity contribution is 5.69. The predicted octanol–water partition coefficient (Wildman–Crippen LogP) is 17.3. The van der Waals surface area contributed by atoms with Crippen LogP contribution in [0.1, 0.15) is 271 Å². The molecular weight excluding hydrogens is 609 g/mol. The Labute approximate surface area is 316 Å². The van der Waals surface area contributed by atoms with Crippen LogP contribution < -0.4 is 0 Å². The lowest BCUT2D eigenvalue weighted by Crippen LogP contribution is -2.05. The van der Waals surface area contributed by atoms with Gasteiger partial charge in [-0.25, -0.2) is 0 Å². The third kappa shape index (κ3) is 45.0. The lowest BCUT2D eigenvalue weighted by molar-refractivity contribution is -0.143. The van der Waals surface area contributed by atoms with Crippen LogP contribution in [0.25, 0.3) is 0 Å². The summed E-state index contributed by atoms with van der Waals surface area (Å²) < 4.78 is 5.47. The molecule has 0 rings (SSSR count). The SMILES string of the molecule is CCCCCCCCC=CCCCCCCCCCCCCCCCCCCCCOC(=O)CCCCCCCC=CCCCCCCCC. The van der Waals surface area contributed by atoms with Gasteiger partial charge in [0.2, 0.25) is 0 Å². The van der Waals surface area contributed by atoms with Crippen LogP contribution in [0.3, 0.4) is 0 Å². The molecule has 2 nitrogen and oxygen atoms in total. The van der Waals surface area contributed by atoms with Crippen LogP contribution in [0.5, 0.6) is 0 Å². The third-order valence-corrected chi connectivity index (χ3v) is 10.6. The quantitative estimate of drug-likeness (QED) is 0.0359. The zero-order valence-electron chi connectivity index (χ0n) is 34.6. The monoisotopic (exact) mass is 701 g/mol. The second kappa shape index (κ2) is 46.0. The number of carbonyl (C=O) groups excluding carboxylic acids is 1. The summed E-state index contributed by atoms with van der Waals surface area (Å²) in [5.74, 6) is 0.0192. The van der Waals surface area contributed by atoms with Gasteiger partial charge in [-0.15, -0.1) is 0 Å². The van der Waals surface area contributed by atoms with Crippen molar-refractivity contribution < 1.29 is 9.53 Å². The van der Waals surface area contributed by atoms with Gasteiger partial charge in [-0.3, -0.25) is 4.79 Å². The fourth-order valence-electron chi connectivity index (χ4n) is 7.07. The van der Waals surface area contributed by atoms with Crippen LogP contribution in [-0.4, -0.2) is 12.6 Å². The van der Waals surface area contributed by atoms with Crippen molar-refractivity contribution in [3.63, 3.8) is 0 Å². The lowest BCUT2D eigenvalue weighted by atomic mass is 10.0. The van der Waals surface area contributed by atoms with Crippen LogP contribution in [0.4, 0.5) is 0 Å². The summed E-state index contributed by atoms with van der Waals surface area (Å²) in [4.78, 5) is 12.0. The van der Waals surface area contributed by atoms with Crippen molar-refractivity contribution >= 4 is 5.97 Å². The van der Waals surface area contributed by atoms with Gasteiger partial charge in [0.25, 0.3) is 0 Å². The first kappa shape index (κ1) is 49.0. The molecule has 0 aliphatic carbocycles. The van der Waals surface area contributed by atoms with Crippen molar-refractivity contribution in [2.75, 3.05) is 6.61 Å². The summed E-state index contributed by atoms with van der Waals surface area (Å²) in [5, 5.41) is 0. The predicted molar refractivity (Wildman–Crippen MR) is 225 cm³/mol. The molecule has 0 aromatic rings. The molecule has 0 bridgehead atoms. The Morgan fingerprint density at radius 1 is 0.320 bits per heavy atom. The number of carbonyl (C=O) groups is 1. The molecule has 0 N–H and O–H groups in total. The van der Waals surface area contributed by atoms with Gasteiger partial charge < -0.3 is 4.74 Å². The topological polar surface area (TPSA) is 26.3 Å². The first-order chi connectivity index (χ1) is 24.8. The average Bonchev–Trinajstić information content (AvgIpc) is 3.12. The minimum absolute atomic E-state index is 0.0192. The highest BCUT2D eigenvalue weighted by Crippen LogP contribution is 2.16. The Morgan fingerprint density at radius 3 is 0.860 bits per heavy atom. The van der Waals surface area contributed by atoms with Gasteiger partial charge in [-0.1, -0.05) is 224 Å². The first-order valence-electron chi connectivity index (χ1n) is 23.3. The minimum atomic E-state index is 0.0192. The molecule has 0 unspecified atom stereocenters. The fourth-order valence-corrected chi connectivity index (χ4v) is 7.07. The van der Waals surface area contributed by atoms with Gasteiger partial charge in [0.15, 0.2) is 0 Å². The van der Waals surface area contributed by atoms with Crippen molar-refractivity contribution in [1.82, 2.24) is 0 Å². The second-order valence-corrected chi connectivity index (χ2v) is 15.7. The van der Waals surface area contributed by atoms with E-state index in [1.54, 1.807) is 0 Å². The molecule has 0 saturated heterocycles. The molecule has 0 atom stereocenters. The van der Waals surface area contributed by atoms with Crippen LogP contribution in [0, 0.1) is 0 Å². The Kier molecular flexibility index (Phi) is 45.0. The van der Waals surface area contributed by atoms with Crippen molar-refractivity contribution in [2.45, 2.75) is 271 Å². The van der Waals surface area contributed by atoms with E-state index in [4.69, 9.17) is 4.74 Å². The number of ether oxygens (including phenoxy) is 1. The molecule has 0 radical (unpaired) electrons. The summed E-state index contributed by atoms with van der Waals surface area (Å²) in [6.07, 6.45) is 63.0. The Hall–Kier alpha value is -1.05. The van der Waals surface area contributed by atoms with Crippen LogP contribution in [-0.2, 0) is 9.53 Å². The summed E-state index contributed by atoms with van der Waals surface area (Å²) in [7, 11) is 0. The van der Waals surface area contributed by atoms with E-state index < -0.39 is 0 Å². The molecule has 296 valence electrons. The van der Waals surface area contributed by atoms with Crippen molar-refractivity contribution in [3.05, 3.63) is 24.3 Å². The Bertz CT molecular complexity index is 680. The van der Waals surface area contributed by atoms with Crippen LogP contribution in [0.15, 0.2) is 24.3 Å². The van der Waals surface area contributed by atoms with Crippen molar-refractivity contribution in [2.24, 2.45) is 0 Å². The molecule has 0 saturated carbocycles. The summed E-state index contributed by atoms with van der Waals surface area (Å²) in [6, 6.07) is 0. The molecule has 0 amide bonds. The standard InChI is InChI=1S/C48H92O2/c1-3-5-7-9-11-13-15-17-19-20-21-22-23-24-25-26-27-28-29-30-31-33-35-37-39-41-43-45-47-50-48(49)46-44-42-40-38-36-34-32-18-16-14-12-10-8-6-4-2/h17-19,32H,3-16,20-31,33-47H2,1-2H3. The van der Waals surface area contributed by atoms with Gasteiger partial charge >= 0.3 is 5.97 Å². The number of rotatable bonds is 43. The Morgan fingerprint density at radius 2 is 0.560 bits per heavy atom. The van der Waals surface area contributed by atoms with Gasteiger partial charge in [-0.05, 0) is 64.2 Å². The van der Waals surface area contributed by atoms with Crippen molar-refractivity contribution in [1.29, 1.82) is 0 Å². The van der Waals surface area contributed by atoms with E-state index in [-0.39, 0.29) is 5.97 Å². The van der Waals surface area contributed by atoms with Gasteiger partial charge in [0.1, 0.15) is 0 Å². The molecule has 0 aromatic carbocycles. The van der Waals surface area contributed by atoms with E-state index in [0.717, 1.165) is 19.3 Å². The molecule has 0 aliphatic rings. The van der Waals surface area contributed by atoms with E-state index in [1.807, 2.05) is 0 Å². The Balaban J connectivity index is 3.18. The smallest absolute Gasteiger partial charge is 0.305 e. The van der Waals surface area contributed by atoms with Gasteiger partial charge in [-0.2, -0.15) is 0 Å². The van der Waals surface area contributed by atoms with E-state index in [1.165, 1.54) is 231 Å². The molecular formula is C48H92O2. The molecule has 0 aromatic heterocycles. The van der Waals surface area contributed by atoms with Crippen LogP contribution in [0.2, 0.25) is 0 Å². The molecule has 0 aliphatic heterocycles. The van der Waals surface area contributed by atoms with E-state index in [2.05, 4.69) is 38.2 Å². The van der Waals surface area contributed by atoms with Crippen molar-refractivity contribution in [3.8, 4) is 0 Å². The van der Waals surface area contributed by atoms with E-state index in [9.17, 15) is 4.79 Å². The third-order valence-electron chi connectivity index (χ3n) is 10.6. The number of esters is 1. The number of hydrogen-bond donors (Lipinski definition) is 0. The van der Waals surface area contributed by atoms with Crippen LogP contribution >= 0.6 is 0 Å². The number of unbranched alkanes of at least 4 members (excludes halogenated alkanes) is 35. The molecule has 50 heavy (non-hydrogen) atoms. The maximum atomic E-state index is 12.0. The zero-order chi connectivity index (χ0) is 36.1. The summed E-state index contributed by atoms with van der Waals surface area (Å²) >= 11 is 0. The number of allylic oxidation sites excluding steroid dienone is 4. The average molecular weight is 701 g/mol. The molecule has 2 heteroatoms.